The number of nitrogens with one attached hydrogen (secondary N) is 1. The molecule has 31 heavy (non-hydrogen) atoms. The molecule has 1 heterocycles. The highest BCUT2D eigenvalue weighted by molar-refractivity contribution is 6.00. The van der Waals surface area contributed by atoms with Crippen LogP contribution in [0.4, 0.5) is 5.69 Å². The molecule has 1 aromatic rings. The van der Waals surface area contributed by atoms with E-state index in [1.807, 2.05) is 13.0 Å². The Balaban J connectivity index is 1.63. The Hall–Kier alpha value is -2.12. The molecule has 172 valence electrons. The number of carboxylic acid groups (broad SMARTS) is 2. The molecule has 7 nitrogen and oxygen atoms in total. The van der Waals surface area contributed by atoms with Crippen molar-refractivity contribution in [3.8, 4) is 0 Å². The van der Waals surface area contributed by atoms with Crippen molar-refractivity contribution in [2.75, 3.05) is 25.0 Å². The smallest absolute Gasteiger partial charge is 0.322 e. The van der Waals surface area contributed by atoms with Crippen LogP contribution in [0.2, 0.25) is 0 Å². The largest absolute Gasteiger partial charge is 0.480 e. The maximum atomic E-state index is 11.6. The highest BCUT2D eigenvalue weighted by atomic mass is 16.5. The number of aryl methyl sites for hydroxylation is 1. The summed E-state index contributed by atoms with van der Waals surface area (Å²) in [5.74, 6) is -4.25. The minimum atomic E-state index is -1.57. The Labute approximate surface area is 184 Å². The first kappa shape index (κ1) is 23.5. The molecular formula is C24H36N2O5. The quantitative estimate of drug-likeness (QED) is 0.537. The van der Waals surface area contributed by atoms with E-state index in [-0.39, 0.29) is 11.6 Å². The zero-order valence-electron chi connectivity index (χ0n) is 18.9. The van der Waals surface area contributed by atoms with Gasteiger partial charge in [0.05, 0.1) is 6.10 Å². The first-order chi connectivity index (χ1) is 14.7. The number of benzene rings is 1. The first-order valence-corrected chi connectivity index (χ1v) is 11.4. The van der Waals surface area contributed by atoms with Crippen molar-refractivity contribution < 1.29 is 24.5 Å². The molecule has 1 aliphatic carbocycles. The second-order valence-electron chi connectivity index (χ2n) is 9.26. The van der Waals surface area contributed by atoms with Crippen LogP contribution in [0.25, 0.3) is 0 Å². The van der Waals surface area contributed by atoms with Gasteiger partial charge in [0, 0.05) is 42.5 Å². The number of rotatable bonds is 8. The lowest BCUT2D eigenvalue weighted by molar-refractivity contribution is -0.150. The van der Waals surface area contributed by atoms with E-state index in [1.165, 1.54) is 0 Å². The molecule has 7 heteroatoms. The zero-order chi connectivity index (χ0) is 22.6. The third-order valence-corrected chi connectivity index (χ3v) is 7.04. The molecular weight excluding hydrogens is 396 g/mol. The second kappa shape index (κ2) is 10.0. The van der Waals surface area contributed by atoms with Crippen LogP contribution in [-0.4, -0.2) is 64.4 Å². The number of nitrogens with zero attached hydrogens (tertiary/aromatic N) is 1. The van der Waals surface area contributed by atoms with Gasteiger partial charge in [-0.1, -0.05) is 12.1 Å². The van der Waals surface area contributed by atoms with Crippen molar-refractivity contribution in [3.63, 3.8) is 0 Å². The lowest BCUT2D eigenvalue weighted by Gasteiger charge is -2.48. The Morgan fingerprint density at radius 3 is 2.32 bits per heavy atom. The predicted molar refractivity (Wildman–Crippen MR) is 120 cm³/mol. The predicted octanol–water partition coefficient (Wildman–Crippen LogP) is 3.86. The number of carbonyl (C=O) groups is 2. The molecule has 2 aliphatic rings. The summed E-state index contributed by atoms with van der Waals surface area (Å²) in [6.07, 6.45) is 6.81. The molecule has 1 saturated carbocycles. The van der Waals surface area contributed by atoms with Gasteiger partial charge in [0.25, 0.3) is 0 Å². The number of aliphatic carboxylic acids is 2. The molecule has 1 saturated heterocycles. The molecule has 0 unspecified atom stereocenters. The van der Waals surface area contributed by atoms with Gasteiger partial charge in [-0.25, -0.2) is 0 Å². The van der Waals surface area contributed by atoms with Gasteiger partial charge in [-0.15, -0.1) is 0 Å². The number of anilines is 1. The van der Waals surface area contributed by atoms with Gasteiger partial charge in [0.1, 0.15) is 0 Å². The molecule has 0 atom stereocenters. The van der Waals surface area contributed by atoms with E-state index in [1.54, 1.807) is 12.1 Å². The lowest BCUT2D eigenvalue weighted by atomic mass is 9.79. The topological polar surface area (TPSA) is 99.1 Å². The summed E-state index contributed by atoms with van der Waals surface area (Å²) >= 11 is 0. The fraction of sp³-hybridized carbons (Fsp3) is 0.667. The van der Waals surface area contributed by atoms with Crippen molar-refractivity contribution in [2.24, 2.45) is 0 Å². The van der Waals surface area contributed by atoms with Crippen LogP contribution >= 0.6 is 0 Å². The van der Waals surface area contributed by atoms with Gasteiger partial charge in [-0.2, -0.15) is 0 Å². The first-order valence-electron chi connectivity index (χ1n) is 11.4. The van der Waals surface area contributed by atoms with Gasteiger partial charge in [0.2, 0.25) is 0 Å². The van der Waals surface area contributed by atoms with E-state index in [0.717, 1.165) is 63.8 Å². The number of hydrogen-bond donors (Lipinski definition) is 3. The van der Waals surface area contributed by atoms with Crippen LogP contribution in [0.5, 0.6) is 0 Å². The molecule has 0 aromatic heterocycles. The van der Waals surface area contributed by atoms with E-state index in [0.29, 0.717) is 17.4 Å². The van der Waals surface area contributed by atoms with Gasteiger partial charge in [-0.05, 0) is 70.9 Å². The molecule has 1 aromatic carbocycles. The Morgan fingerprint density at radius 2 is 1.77 bits per heavy atom. The zero-order valence-corrected chi connectivity index (χ0v) is 18.9. The summed E-state index contributed by atoms with van der Waals surface area (Å²) in [6, 6.07) is 5.44. The summed E-state index contributed by atoms with van der Waals surface area (Å²) in [4.78, 5) is 25.7. The second-order valence-corrected chi connectivity index (χ2v) is 9.26. The summed E-state index contributed by atoms with van der Waals surface area (Å²) < 4.78 is 5.81. The van der Waals surface area contributed by atoms with E-state index < -0.39 is 17.9 Å². The number of hydrogen-bond acceptors (Lipinski definition) is 5. The maximum absolute atomic E-state index is 11.6. The lowest BCUT2D eigenvalue weighted by Crippen LogP contribution is -2.53. The standard InChI is InChI=1S/C24H36N2O5/c1-4-31-18-7-11-24(3,12-8-18)26-13-9-17(10-14-26)25-20-15-16(2)5-6-19(20)21(22(27)28)23(29)30/h5-6,15,17-18,21,25H,4,7-14H2,1-3H3,(H,27,28)(H,29,30). The molecule has 1 aliphatic heterocycles. The van der Waals surface area contributed by atoms with E-state index in [4.69, 9.17) is 4.74 Å². The molecule has 0 spiro atoms. The maximum Gasteiger partial charge on any atom is 0.322 e. The third-order valence-electron chi connectivity index (χ3n) is 7.04. The average molecular weight is 433 g/mol. The minimum absolute atomic E-state index is 0.198. The number of likely N-dealkylation sites (tertiary alicyclic amines) is 1. The van der Waals surface area contributed by atoms with E-state index in [2.05, 4.69) is 24.1 Å². The summed E-state index contributed by atoms with van der Waals surface area (Å²) in [7, 11) is 0. The van der Waals surface area contributed by atoms with Crippen LogP contribution in [0.3, 0.4) is 0 Å². The van der Waals surface area contributed by atoms with Crippen molar-refractivity contribution in [2.45, 2.75) is 82.9 Å². The molecule has 0 amide bonds. The monoisotopic (exact) mass is 432 g/mol. The van der Waals surface area contributed by atoms with Crippen LogP contribution in [-0.2, 0) is 14.3 Å². The third kappa shape index (κ3) is 5.57. The van der Waals surface area contributed by atoms with Crippen LogP contribution in [0, 0.1) is 6.92 Å². The molecule has 3 N–H and O–H groups in total. The summed E-state index contributed by atoms with van der Waals surface area (Å²) in [6.45, 7) is 9.09. The Bertz CT molecular complexity index is 766. The fourth-order valence-electron chi connectivity index (χ4n) is 5.13. The minimum Gasteiger partial charge on any atom is -0.480 e. The molecule has 0 radical (unpaired) electrons. The molecule has 2 fully saturated rings. The van der Waals surface area contributed by atoms with Crippen LogP contribution < -0.4 is 5.32 Å². The highest BCUT2D eigenvalue weighted by Crippen LogP contribution is 2.37. The van der Waals surface area contributed by atoms with Gasteiger partial charge < -0.3 is 20.3 Å². The van der Waals surface area contributed by atoms with Crippen molar-refractivity contribution in [1.82, 2.24) is 4.90 Å². The van der Waals surface area contributed by atoms with Crippen LogP contribution in [0.15, 0.2) is 18.2 Å². The highest BCUT2D eigenvalue weighted by Gasteiger charge is 2.38. The van der Waals surface area contributed by atoms with Gasteiger partial charge >= 0.3 is 11.9 Å². The van der Waals surface area contributed by atoms with Crippen molar-refractivity contribution >= 4 is 17.6 Å². The van der Waals surface area contributed by atoms with Crippen molar-refractivity contribution in [3.05, 3.63) is 29.3 Å². The normalized spacial score (nSPS) is 25.5. The van der Waals surface area contributed by atoms with E-state index >= 15 is 0 Å². The number of carboxylic acids is 2. The summed E-state index contributed by atoms with van der Waals surface area (Å²) in [5.41, 5.74) is 2.12. The summed E-state index contributed by atoms with van der Waals surface area (Å²) in [5, 5.41) is 22.3. The fourth-order valence-corrected chi connectivity index (χ4v) is 5.13. The number of ether oxygens (including phenoxy) is 1. The van der Waals surface area contributed by atoms with Gasteiger partial charge in [-0.3, -0.25) is 14.5 Å². The Kier molecular flexibility index (Phi) is 7.59. The van der Waals surface area contributed by atoms with Crippen molar-refractivity contribution in [1.29, 1.82) is 0 Å². The number of piperidine rings is 1. The van der Waals surface area contributed by atoms with Crippen LogP contribution in [0.1, 0.15) is 69.4 Å². The Morgan fingerprint density at radius 1 is 1.16 bits per heavy atom. The molecule has 0 bridgehead atoms. The van der Waals surface area contributed by atoms with Gasteiger partial charge in [0.15, 0.2) is 5.92 Å². The average Bonchev–Trinajstić information content (AvgIpc) is 2.72. The van der Waals surface area contributed by atoms with E-state index in [9.17, 15) is 19.8 Å². The molecule has 3 rings (SSSR count). The SMILES string of the molecule is CCOC1CCC(C)(N2CCC(Nc3cc(C)ccc3C(C(=O)O)C(=O)O)CC2)CC1.